The molecule has 27 heavy (non-hydrogen) atoms. The smallest absolute Gasteiger partial charge is 0.336 e. The second-order valence-corrected chi connectivity index (χ2v) is 7.01. The quantitative estimate of drug-likeness (QED) is 0.516. The summed E-state index contributed by atoms with van der Waals surface area (Å²) in [5.41, 5.74) is 4.21. The van der Waals surface area contributed by atoms with E-state index in [1.807, 2.05) is 37.3 Å². The Bertz CT molecular complexity index is 1160. The van der Waals surface area contributed by atoms with E-state index in [-0.39, 0.29) is 5.63 Å². The van der Waals surface area contributed by atoms with Gasteiger partial charge in [-0.25, -0.2) is 4.79 Å². The number of nitrogens with zero attached hydrogens (tertiary/aromatic N) is 4. The highest BCUT2D eigenvalue weighted by Gasteiger charge is 2.11. The molecule has 0 fully saturated rings. The Labute approximate surface area is 156 Å². The Morgan fingerprint density at radius 2 is 1.85 bits per heavy atom. The van der Waals surface area contributed by atoms with Crippen molar-refractivity contribution in [3.63, 3.8) is 0 Å². The molecule has 0 N–H and O–H groups in total. The molecule has 0 aliphatic rings. The SMILES string of the molecule is Cc1ccc2c(Cn3nnc(-c4ccc(C(C)C)cc4)n3)cc(=O)oc2c1. The fraction of sp³-hybridized carbons (Fsp3) is 0.238. The van der Waals surface area contributed by atoms with Gasteiger partial charge >= 0.3 is 5.63 Å². The Hall–Kier alpha value is -3.28. The minimum atomic E-state index is -0.382. The molecule has 0 saturated heterocycles. The summed E-state index contributed by atoms with van der Waals surface area (Å²) >= 11 is 0. The first-order chi connectivity index (χ1) is 13.0. The van der Waals surface area contributed by atoms with Crippen LogP contribution in [0.3, 0.4) is 0 Å². The second-order valence-electron chi connectivity index (χ2n) is 7.01. The summed E-state index contributed by atoms with van der Waals surface area (Å²) in [6.07, 6.45) is 0. The first kappa shape index (κ1) is 17.1. The van der Waals surface area contributed by atoms with Crippen molar-refractivity contribution in [1.29, 1.82) is 0 Å². The molecule has 0 unspecified atom stereocenters. The minimum absolute atomic E-state index is 0.349. The molecule has 0 radical (unpaired) electrons. The van der Waals surface area contributed by atoms with Crippen molar-refractivity contribution >= 4 is 11.0 Å². The lowest BCUT2D eigenvalue weighted by Crippen LogP contribution is -2.08. The van der Waals surface area contributed by atoms with Crippen molar-refractivity contribution < 1.29 is 4.42 Å². The zero-order valence-corrected chi connectivity index (χ0v) is 15.5. The van der Waals surface area contributed by atoms with Gasteiger partial charge in [-0.2, -0.15) is 4.80 Å². The predicted octanol–water partition coefficient (Wildman–Crippen LogP) is 3.93. The summed E-state index contributed by atoms with van der Waals surface area (Å²) in [6, 6.07) is 15.5. The van der Waals surface area contributed by atoms with Gasteiger partial charge in [-0.05, 0) is 40.8 Å². The highest BCUT2D eigenvalue weighted by Crippen LogP contribution is 2.21. The lowest BCUT2D eigenvalue weighted by molar-refractivity contribution is 0.545. The molecule has 6 heteroatoms. The zero-order valence-electron chi connectivity index (χ0n) is 15.5. The number of aromatic nitrogens is 4. The van der Waals surface area contributed by atoms with E-state index in [2.05, 4.69) is 41.4 Å². The second kappa shape index (κ2) is 6.79. The van der Waals surface area contributed by atoms with Gasteiger partial charge < -0.3 is 4.42 Å². The average molecular weight is 360 g/mol. The van der Waals surface area contributed by atoms with Gasteiger partial charge in [0.2, 0.25) is 5.82 Å². The minimum Gasteiger partial charge on any atom is -0.423 e. The number of rotatable bonds is 4. The van der Waals surface area contributed by atoms with Crippen LogP contribution in [-0.4, -0.2) is 20.2 Å². The number of tetrazole rings is 1. The van der Waals surface area contributed by atoms with Crippen molar-refractivity contribution in [3.8, 4) is 11.4 Å². The van der Waals surface area contributed by atoms with E-state index >= 15 is 0 Å². The maximum atomic E-state index is 11.9. The van der Waals surface area contributed by atoms with Gasteiger partial charge in [0.05, 0.1) is 6.54 Å². The molecule has 0 spiro atoms. The third kappa shape index (κ3) is 3.51. The lowest BCUT2D eigenvalue weighted by Gasteiger charge is -2.05. The van der Waals surface area contributed by atoms with Crippen LogP contribution >= 0.6 is 0 Å². The molecule has 6 nitrogen and oxygen atoms in total. The summed E-state index contributed by atoms with van der Waals surface area (Å²) in [5.74, 6) is 1.04. The van der Waals surface area contributed by atoms with E-state index in [1.54, 1.807) is 0 Å². The van der Waals surface area contributed by atoms with E-state index in [4.69, 9.17) is 4.42 Å². The van der Waals surface area contributed by atoms with Gasteiger partial charge in [0, 0.05) is 17.0 Å². The molecule has 4 rings (SSSR count). The maximum absolute atomic E-state index is 11.9. The number of hydrogen-bond acceptors (Lipinski definition) is 5. The largest absolute Gasteiger partial charge is 0.423 e. The van der Waals surface area contributed by atoms with Crippen molar-refractivity contribution in [2.24, 2.45) is 0 Å². The van der Waals surface area contributed by atoms with Crippen molar-refractivity contribution in [3.05, 3.63) is 75.6 Å². The highest BCUT2D eigenvalue weighted by atomic mass is 16.4. The summed E-state index contributed by atoms with van der Waals surface area (Å²) in [4.78, 5) is 13.4. The number of benzene rings is 2. The van der Waals surface area contributed by atoms with E-state index in [9.17, 15) is 4.79 Å². The van der Waals surface area contributed by atoms with Crippen molar-refractivity contribution in [1.82, 2.24) is 20.2 Å². The first-order valence-corrected chi connectivity index (χ1v) is 8.91. The van der Waals surface area contributed by atoms with Gasteiger partial charge in [0.25, 0.3) is 0 Å². The molecule has 0 aliphatic heterocycles. The normalized spacial score (nSPS) is 11.4. The van der Waals surface area contributed by atoms with Crippen molar-refractivity contribution in [2.45, 2.75) is 33.2 Å². The number of hydrogen-bond donors (Lipinski definition) is 0. The van der Waals surface area contributed by atoms with Crippen LogP contribution in [0.5, 0.6) is 0 Å². The lowest BCUT2D eigenvalue weighted by atomic mass is 10.0. The molecular formula is C21H20N4O2. The summed E-state index contributed by atoms with van der Waals surface area (Å²) in [6.45, 7) is 6.63. The fourth-order valence-corrected chi connectivity index (χ4v) is 3.06. The van der Waals surface area contributed by atoms with Crippen LogP contribution in [0, 0.1) is 6.92 Å². The molecule has 2 aromatic carbocycles. The molecule has 0 bridgehead atoms. The number of fused-ring (bicyclic) bond motifs is 1. The van der Waals surface area contributed by atoms with Crippen LogP contribution in [0.15, 0.2) is 57.7 Å². The van der Waals surface area contributed by atoms with Crippen LogP contribution in [0.4, 0.5) is 0 Å². The van der Waals surface area contributed by atoms with E-state index in [1.165, 1.54) is 16.4 Å². The van der Waals surface area contributed by atoms with Crippen molar-refractivity contribution in [2.75, 3.05) is 0 Å². The van der Waals surface area contributed by atoms with Crippen LogP contribution in [0.2, 0.25) is 0 Å². The number of aryl methyl sites for hydroxylation is 1. The zero-order chi connectivity index (χ0) is 19.0. The Morgan fingerprint density at radius 3 is 2.59 bits per heavy atom. The third-order valence-corrected chi connectivity index (χ3v) is 4.59. The molecule has 2 heterocycles. The Balaban J connectivity index is 1.65. The van der Waals surface area contributed by atoms with Gasteiger partial charge in [-0.1, -0.05) is 50.2 Å². The summed E-state index contributed by atoms with van der Waals surface area (Å²) in [7, 11) is 0. The van der Waals surface area contributed by atoms with Crippen LogP contribution in [-0.2, 0) is 6.54 Å². The maximum Gasteiger partial charge on any atom is 0.336 e. The van der Waals surface area contributed by atoms with Gasteiger partial charge in [0.1, 0.15) is 5.58 Å². The Kier molecular flexibility index (Phi) is 4.32. The standard InChI is InChI=1S/C21H20N4O2/c1-13(2)15-5-7-16(8-6-15)21-22-24-25(23-21)12-17-11-20(26)27-19-10-14(3)4-9-18(17)19/h4-11,13H,12H2,1-3H3. The fourth-order valence-electron chi connectivity index (χ4n) is 3.06. The predicted molar refractivity (Wildman–Crippen MR) is 104 cm³/mol. The molecule has 0 atom stereocenters. The molecule has 4 aromatic rings. The Morgan fingerprint density at radius 1 is 1.07 bits per heavy atom. The van der Waals surface area contributed by atoms with E-state index in [0.717, 1.165) is 22.1 Å². The molecule has 136 valence electrons. The van der Waals surface area contributed by atoms with E-state index in [0.29, 0.717) is 23.9 Å². The van der Waals surface area contributed by atoms with Gasteiger partial charge in [0.15, 0.2) is 0 Å². The molecule has 0 amide bonds. The third-order valence-electron chi connectivity index (χ3n) is 4.59. The van der Waals surface area contributed by atoms with Crippen LogP contribution in [0.1, 0.15) is 36.5 Å². The van der Waals surface area contributed by atoms with Gasteiger partial charge in [-0.3, -0.25) is 0 Å². The monoisotopic (exact) mass is 360 g/mol. The van der Waals surface area contributed by atoms with Crippen LogP contribution in [0.25, 0.3) is 22.4 Å². The topological polar surface area (TPSA) is 73.8 Å². The van der Waals surface area contributed by atoms with Crippen LogP contribution < -0.4 is 5.63 Å². The molecule has 0 saturated carbocycles. The summed E-state index contributed by atoms with van der Waals surface area (Å²) < 4.78 is 5.30. The highest BCUT2D eigenvalue weighted by molar-refractivity contribution is 5.80. The summed E-state index contributed by atoms with van der Waals surface area (Å²) in [5, 5.41) is 13.6. The van der Waals surface area contributed by atoms with Gasteiger partial charge in [-0.15, -0.1) is 10.2 Å². The van der Waals surface area contributed by atoms with E-state index < -0.39 is 0 Å². The molecule has 2 aromatic heterocycles. The first-order valence-electron chi connectivity index (χ1n) is 8.91. The molecular weight excluding hydrogens is 340 g/mol. The average Bonchev–Trinajstić information content (AvgIpc) is 3.09. The molecule has 0 aliphatic carbocycles.